The largest absolute Gasteiger partial charge is 0.388 e. The quantitative estimate of drug-likeness (QED) is 0.708. The molecule has 0 bridgehead atoms. The van der Waals surface area contributed by atoms with Gasteiger partial charge in [-0.15, -0.1) is 0 Å². The van der Waals surface area contributed by atoms with Crippen LogP contribution in [0.5, 0.6) is 0 Å². The zero-order valence-electron chi connectivity index (χ0n) is 11.2. The van der Waals surface area contributed by atoms with Crippen molar-refractivity contribution in [2.75, 3.05) is 13.1 Å². The second kappa shape index (κ2) is 5.57. The number of carbonyl (C=O) groups is 1. The lowest BCUT2D eigenvalue weighted by Crippen LogP contribution is -2.51. The van der Waals surface area contributed by atoms with Crippen LogP contribution in [0.1, 0.15) is 57.8 Å². The molecule has 2 aliphatic carbocycles. The topological polar surface area (TPSA) is 75.4 Å². The Bertz CT molecular complexity index is 292. The molecule has 1 amide bonds. The molecule has 4 nitrogen and oxygen atoms in total. The van der Waals surface area contributed by atoms with Gasteiger partial charge in [-0.2, -0.15) is 0 Å². The van der Waals surface area contributed by atoms with Crippen LogP contribution in [0.15, 0.2) is 0 Å². The molecule has 104 valence electrons. The molecule has 0 atom stereocenters. The van der Waals surface area contributed by atoms with Crippen LogP contribution >= 0.6 is 0 Å². The predicted octanol–water partition coefficient (Wildman–Crippen LogP) is 1.32. The van der Waals surface area contributed by atoms with Gasteiger partial charge in [-0.3, -0.25) is 4.79 Å². The summed E-state index contributed by atoms with van der Waals surface area (Å²) >= 11 is 0. The lowest BCUT2D eigenvalue weighted by Gasteiger charge is -2.35. The highest BCUT2D eigenvalue weighted by Crippen LogP contribution is 2.36. The van der Waals surface area contributed by atoms with Crippen molar-refractivity contribution in [3.8, 4) is 0 Å². The molecule has 0 radical (unpaired) electrons. The van der Waals surface area contributed by atoms with Crippen molar-refractivity contribution in [1.82, 2.24) is 5.32 Å². The summed E-state index contributed by atoms with van der Waals surface area (Å²) in [6.45, 7) is 0.824. The molecular formula is C14H26N2O2. The van der Waals surface area contributed by atoms with Gasteiger partial charge < -0.3 is 16.2 Å². The number of carbonyl (C=O) groups excluding carboxylic acids is 1. The van der Waals surface area contributed by atoms with Crippen LogP contribution in [0.3, 0.4) is 0 Å². The van der Waals surface area contributed by atoms with Gasteiger partial charge in [-0.25, -0.2) is 0 Å². The van der Waals surface area contributed by atoms with Gasteiger partial charge in [0.25, 0.3) is 0 Å². The molecule has 0 heterocycles. The predicted molar refractivity (Wildman–Crippen MR) is 71.0 cm³/mol. The molecular weight excluding hydrogens is 228 g/mol. The summed E-state index contributed by atoms with van der Waals surface area (Å²) in [5, 5.41) is 13.2. The molecule has 0 saturated heterocycles. The van der Waals surface area contributed by atoms with Crippen molar-refractivity contribution >= 4 is 5.91 Å². The monoisotopic (exact) mass is 254 g/mol. The Kier molecular flexibility index (Phi) is 4.28. The van der Waals surface area contributed by atoms with E-state index in [9.17, 15) is 9.90 Å². The first-order valence-electron chi connectivity index (χ1n) is 7.31. The number of amides is 1. The van der Waals surface area contributed by atoms with Crippen molar-refractivity contribution < 1.29 is 9.90 Å². The van der Waals surface area contributed by atoms with Crippen LogP contribution in [0, 0.1) is 5.41 Å². The number of rotatable bonds is 4. The smallest absolute Gasteiger partial charge is 0.227 e. The van der Waals surface area contributed by atoms with E-state index in [-0.39, 0.29) is 11.3 Å². The first kappa shape index (κ1) is 13.8. The second-order valence-electron chi connectivity index (χ2n) is 6.16. The average Bonchev–Trinajstić information content (AvgIpc) is 2.84. The Morgan fingerprint density at radius 3 is 2.17 bits per heavy atom. The minimum absolute atomic E-state index is 0.0602. The van der Waals surface area contributed by atoms with Gasteiger partial charge in [-0.05, 0) is 25.7 Å². The lowest BCUT2D eigenvalue weighted by molar-refractivity contribution is -0.133. The Balaban J connectivity index is 1.89. The maximum Gasteiger partial charge on any atom is 0.227 e. The molecule has 0 spiro atoms. The fourth-order valence-electron chi connectivity index (χ4n) is 3.39. The summed E-state index contributed by atoms with van der Waals surface area (Å²) in [6.07, 6.45) is 8.93. The van der Waals surface area contributed by atoms with Gasteiger partial charge in [0.1, 0.15) is 0 Å². The van der Waals surface area contributed by atoms with E-state index in [0.29, 0.717) is 13.1 Å². The Hall–Kier alpha value is -0.610. The van der Waals surface area contributed by atoms with E-state index in [0.717, 1.165) is 51.4 Å². The van der Waals surface area contributed by atoms with Crippen LogP contribution in [-0.2, 0) is 4.79 Å². The van der Waals surface area contributed by atoms with Crippen molar-refractivity contribution in [3.63, 3.8) is 0 Å². The van der Waals surface area contributed by atoms with Gasteiger partial charge in [0, 0.05) is 13.1 Å². The molecule has 0 unspecified atom stereocenters. The molecule has 2 saturated carbocycles. The summed E-state index contributed by atoms with van der Waals surface area (Å²) in [7, 11) is 0. The Morgan fingerprint density at radius 2 is 1.61 bits per heavy atom. The molecule has 2 aliphatic rings. The normalized spacial score (nSPS) is 25.9. The third-order valence-corrected chi connectivity index (χ3v) is 4.80. The standard InChI is InChI=1S/C14H26N2O2/c15-10-13(6-2-1-3-7-13)12(17)16-11-14(18)8-4-5-9-14/h18H,1-11,15H2,(H,16,17). The summed E-state index contributed by atoms with van der Waals surface area (Å²) in [6, 6.07) is 0. The van der Waals surface area contributed by atoms with E-state index < -0.39 is 5.60 Å². The van der Waals surface area contributed by atoms with E-state index >= 15 is 0 Å². The number of aliphatic hydroxyl groups is 1. The minimum atomic E-state index is -0.667. The Morgan fingerprint density at radius 1 is 1.06 bits per heavy atom. The van der Waals surface area contributed by atoms with Gasteiger partial charge in [0.15, 0.2) is 0 Å². The second-order valence-corrected chi connectivity index (χ2v) is 6.16. The van der Waals surface area contributed by atoms with Crippen LogP contribution < -0.4 is 11.1 Å². The van der Waals surface area contributed by atoms with Crippen LogP contribution in [-0.4, -0.2) is 29.7 Å². The maximum absolute atomic E-state index is 12.3. The van der Waals surface area contributed by atoms with E-state index in [1.54, 1.807) is 0 Å². The zero-order chi connectivity index (χ0) is 13.1. The van der Waals surface area contributed by atoms with Crippen molar-refractivity contribution in [3.05, 3.63) is 0 Å². The van der Waals surface area contributed by atoms with E-state index in [4.69, 9.17) is 5.73 Å². The molecule has 2 rings (SSSR count). The van der Waals surface area contributed by atoms with E-state index in [2.05, 4.69) is 5.32 Å². The molecule has 2 fully saturated rings. The first-order valence-corrected chi connectivity index (χ1v) is 7.31. The maximum atomic E-state index is 12.3. The highest BCUT2D eigenvalue weighted by Gasteiger charge is 2.39. The molecule has 18 heavy (non-hydrogen) atoms. The third-order valence-electron chi connectivity index (χ3n) is 4.80. The summed E-state index contributed by atoms with van der Waals surface area (Å²) < 4.78 is 0. The highest BCUT2D eigenvalue weighted by atomic mass is 16.3. The molecule has 4 heteroatoms. The van der Waals surface area contributed by atoms with E-state index in [1.165, 1.54) is 6.42 Å². The van der Waals surface area contributed by atoms with E-state index in [1.807, 2.05) is 0 Å². The molecule has 0 aliphatic heterocycles. The minimum Gasteiger partial charge on any atom is -0.388 e. The van der Waals surface area contributed by atoms with Crippen molar-refractivity contribution in [2.24, 2.45) is 11.1 Å². The molecule has 0 aromatic carbocycles. The first-order chi connectivity index (χ1) is 8.60. The van der Waals surface area contributed by atoms with Gasteiger partial charge in [0.2, 0.25) is 5.91 Å². The Labute approximate surface area is 109 Å². The zero-order valence-corrected chi connectivity index (χ0v) is 11.2. The number of nitrogens with two attached hydrogens (primary N) is 1. The lowest BCUT2D eigenvalue weighted by atomic mass is 9.73. The highest BCUT2D eigenvalue weighted by molar-refractivity contribution is 5.83. The van der Waals surface area contributed by atoms with Crippen molar-refractivity contribution in [1.29, 1.82) is 0 Å². The molecule has 4 N–H and O–H groups in total. The summed E-state index contributed by atoms with van der Waals surface area (Å²) in [5.74, 6) is 0.0602. The number of nitrogens with one attached hydrogen (secondary N) is 1. The summed E-state index contributed by atoms with van der Waals surface area (Å²) in [4.78, 5) is 12.3. The molecule has 0 aromatic heterocycles. The van der Waals surface area contributed by atoms with Crippen molar-refractivity contribution in [2.45, 2.75) is 63.4 Å². The number of hydrogen-bond donors (Lipinski definition) is 3. The van der Waals surface area contributed by atoms with Crippen LogP contribution in [0.4, 0.5) is 0 Å². The number of hydrogen-bond acceptors (Lipinski definition) is 3. The van der Waals surface area contributed by atoms with Gasteiger partial charge >= 0.3 is 0 Å². The van der Waals surface area contributed by atoms with Gasteiger partial charge in [0.05, 0.1) is 11.0 Å². The van der Waals surface area contributed by atoms with Crippen LogP contribution in [0.2, 0.25) is 0 Å². The fourth-order valence-corrected chi connectivity index (χ4v) is 3.39. The summed E-state index contributed by atoms with van der Waals surface area (Å²) in [5.41, 5.74) is 4.80. The fraction of sp³-hybridized carbons (Fsp3) is 0.929. The third kappa shape index (κ3) is 2.86. The van der Waals surface area contributed by atoms with Crippen LogP contribution in [0.25, 0.3) is 0 Å². The average molecular weight is 254 g/mol. The SMILES string of the molecule is NCC1(C(=O)NCC2(O)CCCC2)CCCCC1. The molecule has 0 aromatic rings. The van der Waals surface area contributed by atoms with Gasteiger partial charge in [-0.1, -0.05) is 32.1 Å².